The van der Waals surface area contributed by atoms with Crippen LogP contribution < -0.4 is 16.0 Å². The molecule has 0 bridgehead atoms. The molecule has 11 nitrogen and oxygen atoms in total. The molecule has 4 rings (SSSR count). The molecule has 1 heterocycles. The molecule has 3 aromatic carbocycles. The molecule has 0 spiro atoms. The van der Waals surface area contributed by atoms with E-state index in [1.54, 1.807) is 24.3 Å². The van der Waals surface area contributed by atoms with Gasteiger partial charge in [-0.15, -0.1) is 5.10 Å². The van der Waals surface area contributed by atoms with Crippen molar-refractivity contribution in [3.63, 3.8) is 0 Å². The number of hydrogen-bond donors (Lipinski definition) is 3. The van der Waals surface area contributed by atoms with E-state index in [0.717, 1.165) is 11.6 Å². The number of carbonyl (C=O) groups is 3. The van der Waals surface area contributed by atoms with Crippen LogP contribution in [0.25, 0.3) is 11.8 Å². The van der Waals surface area contributed by atoms with E-state index in [4.69, 9.17) is 11.6 Å². The number of halogens is 2. The fourth-order valence-corrected chi connectivity index (χ4v) is 3.82. The van der Waals surface area contributed by atoms with Gasteiger partial charge in [-0.05, 0) is 58.5 Å². The lowest BCUT2D eigenvalue weighted by Crippen LogP contribution is -2.44. The van der Waals surface area contributed by atoms with Gasteiger partial charge in [0.25, 0.3) is 0 Å². The summed E-state index contributed by atoms with van der Waals surface area (Å²) in [4.78, 5) is 37.5. The number of methoxy groups -OCH3 is 1. The molecular weight excluding hydrogens is 541 g/mol. The number of anilines is 2. The van der Waals surface area contributed by atoms with Gasteiger partial charge in [-0.25, -0.2) is 9.18 Å². The molecule has 0 unspecified atom stereocenters. The molecule has 0 aliphatic rings. The molecule has 40 heavy (non-hydrogen) atoms. The van der Waals surface area contributed by atoms with Crippen LogP contribution in [0.4, 0.5) is 20.6 Å². The van der Waals surface area contributed by atoms with Crippen LogP contribution in [0, 0.1) is 5.82 Å². The van der Waals surface area contributed by atoms with E-state index in [2.05, 4.69) is 36.2 Å². The Morgan fingerprint density at radius 1 is 1.02 bits per heavy atom. The SMILES string of the molecule is COC(=O)Nc1ccc(NC(=O)[C@H](Cc2ccccc2)NC(=O)C=Cc2c(-n3cnnn3)ccc(Cl)c2F)cc1. The van der Waals surface area contributed by atoms with E-state index in [-0.39, 0.29) is 22.7 Å². The number of tetrazole rings is 1. The quantitative estimate of drug-likeness (QED) is 0.261. The molecule has 0 radical (unpaired) electrons. The second kappa shape index (κ2) is 13.1. The zero-order chi connectivity index (χ0) is 28.5. The summed E-state index contributed by atoms with van der Waals surface area (Å²) in [5.74, 6) is -1.89. The van der Waals surface area contributed by atoms with E-state index < -0.39 is 29.8 Å². The largest absolute Gasteiger partial charge is 0.453 e. The smallest absolute Gasteiger partial charge is 0.411 e. The summed E-state index contributed by atoms with van der Waals surface area (Å²) in [6, 6.07) is 17.4. The highest BCUT2D eigenvalue weighted by atomic mass is 35.5. The molecule has 0 saturated heterocycles. The number of nitrogens with one attached hydrogen (secondary N) is 3. The first-order valence-electron chi connectivity index (χ1n) is 11.8. The summed E-state index contributed by atoms with van der Waals surface area (Å²) in [5, 5.41) is 18.7. The van der Waals surface area contributed by atoms with E-state index in [1.807, 2.05) is 30.3 Å². The van der Waals surface area contributed by atoms with E-state index in [0.29, 0.717) is 11.4 Å². The van der Waals surface area contributed by atoms with Crippen LogP contribution in [0.5, 0.6) is 0 Å². The maximum atomic E-state index is 14.9. The number of amides is 3. The summed E-state index contributed by atoms with van der Waals surface area (Å²) in [5.41, 5.74) is 1.97. The third kappa shape index (κ3) is 7.26. The van der Waals surface area contributed by atoms with Crippen molar-refractivity contribution < 1.29 is 23.5 Å². The molecule has 3 N–H and O–H groups in total. The third-order valence-electron chi connectivity index (χ3n) is 5.61. The Morgan fingerprint density at radius 2 is 1.73 bits per heavy atom. The number of carbonyl (C=O) groups excluding carboxylic acids is 3. The summed E-state index contributed by atoms with van der Waals surface area (Å²) >= 11 is 5.95. The lowest BCUT2D eigenvalue weighted by Gasteiger charge is -2.18. The second-order valence-corrected chi connectivity index (χ2v) is 8.72. The van der Waals surface area contributed by atoms with Gasteiger partial charge in [-0.1, -0.05) is 41.9 Å². The Kier molecular flexibility index (Phi) is 9.15. The van der Waals surface area contributed by atoms with Crippen molar-refractivity contribution in [2.24, 2.45) is 0 Å². The lowest BCUT2D eigenvalue weighted by atomic mass is 10.0. The van der Waals surface area contributed by atoms with E-state index >= 15 is 0 Å². The second-order valence-electron chi connectivity index (χ2n) is 8.32. The minimum Gasteiger partial charge on any atom is -0.453 e. The summed E-state index contributed by atoms with van der Waals surface area (Å²) in [6.07, 6.45) is 3.17. The summed E-state index contributed by atoms with van der Waals surface area (Å²) in [7, 11) is 1.25. The normalized spacial score (nSPS) is 11.6. The molecule has 0 aliphatic carbocycles. The van der Waals surface area contributed by atoms with Crippen LogP contribution in [0.1, 0.15) is 11.1 Å². The highest BCUT2D eigenvalue weighted by Gasteiger charge is 2.21. The molecule has 4 aromatic rings. The van der Waals surface area contributed by atoms with Crippen molar-refractivity contribution in [3.8, 4) is 5.69 Å². The number of rotatable bonds is 9. The van der Waals surface area contributed by atoms with Crippen LogP contribution in [0.2, 0.25) is 5.02 Å². The molecule has 0 aliphatic heterocycles. The Labute approximate surface area is 233 Å². The topological polar surface area (TPSA) is 140 Å². The van der Waals surface area contributed by atoms with Gasteiger partial charge < -0.3 is 15.4 Å². The molecule has 1 atom stereocenters. The molecular formula is C27H23ClFN7O4. The fourth-order valence-electron chi connectivity index (χ4n) is 3.66. The predicted octanol–water partition coefficient (Wildman–Crippen LogP) is 4.01. The highest BCUT2D eigenvalue weighted by molar-refractivity contribution is 6.31. The van der Waals surface area contributed by atoms with Crippen LogP contribution in [-0.4, -0.2) is 51.3 Å². The highest BCUT2D eigenvalue weighted by Crippen LogP contribution is 2.25. The van der Waals surface area contributed by atoms with Crippen molar-refractivity contribution in [1.82, 2.24) is 25.5 Å². The van der Waals surface area contributed by atoms with Gasteiger partial charge in [-0.2, -0.15) is 4.68 Å². The van der Waals surface area contributed by atoms with Gasteiger partial charge in [0.1, 0.15) is 12.4 Å². The van der Waals surface area contributed by atoms with Gasteiger partial charge in [-0.3, -0.25) is 14.9 Å². The van der Waals surface area contributed by atoms with Crippen molar-refractivity contribution in [3.05, 3.63) is 101 Å². The molecule has 204 valence electrons. The van der Waals surface area contributed by atoms with Crippen molar-refractivity contribution >= 4 is 47.0 Å². The van der Waals surface area contributed by atoms with Gasteiger partial charge >= 0.3 is 6.09 Å². The van der Waals surface area contributed by atoms with Crippen LogP contribution in [-0.2, 0) is 20.7 Å². The van der Waals surface area contributed by atoms with Gasteiger partial charge in [0, 0.05) is 29.4 Å². The minimum absolute atomic E-state index is 0.0142. The summed E-state index contributed by atoms with van der Waals surface area (Å²) < 4.78 is 20.6. The number of benzene rings is 3. The predicted molar refractivity (Wildman–Crippen MR) is 146 cm³/mol. The Balaban J connectivity index is 1.51. The van der Waals surface area contributed by atoms with Crippen molar-refractivity contribution in [2.45, 2.75) is 12.5 Å². The Morgan fingerprint density at radius 3 is 2.38 bits per heavy atom. The first-order valence-corrected chi connectivity index (χ1v) is 12.2. The molecule has 3 amide bonds. The number of hydrogen-bond acceptors (Lipinski definition) is 7. The third-order valence-corrected chi connectivity index (χ3v) is 5.90. The number of nitrogens with zero attached hydrogens (tertiary/aromatic N) is 4. The zero-order valence-electron chi connectivity index (χ0n) is 21.0. The maximum absolute atomic E-state index is 14.9. The average molecular weight is 564 g/mol. The average Bonchev–Trinajstić information content (AvgIpc) is 3.50. The van der Waals surface area contributed by atoms with Crippen molar-refractivity contribution in [2.75, 3.05) is 17.7 Å². The monoisotopic (exact) mass is 563 g/mol. The van der Waals surface area contributed by atoms with Crippen molar-refractivity contribution in [1.29, 1.82) is 0 Å². The molecule has 1 aromatic heterocycles. The van der Waals surface area contributed by atoms with Crippen LogP contribution in [0.15, 0.2) is 79.1 Å². The first-order chi connectivity index (χ1) is 19.3. The standard InChI is InChI=1S/C27H23ClFN7O4/c1-40-27(39)32-19-9-7-18(8-10-19)31-26(38)22(15-17-5-3-2-4-6-17)33-24(37)14-11-20-23(36-16-30-34-35-36)13-12-21(28)25(20)29/h2-14,16,22H,15H2,1H3,(H,31,38)(H,32,39)(H,33,37)/t22-/m0/s1. The Bertz CT molecular complexity index is 1510. The van der Waals surface area contributed by atoms with Crippen LogP contribution >= 0.6 is 11.6 Å². The molecule has 13 heteroatoms. The van der Waals surface area contributed by atoms with Gasteiger partial charge in [0.05, 0.1) is 17.8 Å². The fraction of sp³-hybridized carbons (Fsp3) is 0.111. The van der Waals surface area contributed by atoms with E-state index in [1.165, 1.54) is 36.3 Å². The number of aromatic nitrogens is 4. The number of ether oxygens (including phenoxy) is 1. The zero-order valence-corrected chi connectivity index (χ0v) is 21.8. The lowest BCUT2D eigenvalue weighted by molar-refractivity contribution is -0.123. The minimum atomic E-state index is -0.976. The van der Waals surface area contributed by atoms with Gasteiger partial charge in [0.15, 0.2) is 5.82 Å². The Hall–Kier alpha value is -5.10. The first kappa shape index (κ1) is 27.9. The van der Waals surface area contributed by atoms with Gasteiger partial charge in [0.2, 0.25) is 11.8 Å². The molecule has 0 saturated carbocycles. The van der Waals surface area contributed by atoms with E-state index in [9.17, 15) is 18.8 Å². The molecule has 0 fully saturated rings. The van der Waals surface area contributed by atoms with Crippen LogP contribution in [0.3, 0.4) is 0 Å². The summed E-state index contributed by atoms with van der Waals surface area (Å²) in [6.45, 7) is 0. The maximum Gasteiger partial charge on any atom is 0.411 e.